The molecule has 1 N–H and O–H groups in total. The van der Waals surface area contributed by atoms with Gasteiger partial charge in [-0.2, -0.15) is 5.26 Å². The molecule has 12 heavy (non-hydrogen) atoms. The number of rotatable bonds is 2. The van der Waals surface area contributed by atoms with E-state index in [1.165, 1.54) is 0 Å². The molecule has 1 rings (SSSR count). The molecule has 0 amide bonds. The number of hydrogen-bond acceptors (Lipinski definition) is 3. The summed E-state index contributed by atoms with van der Waals surface area (Å²) in [6, 6.07) is 2.03. The fraction of sp³-hybridized carbons (Fsp3) is 0.750. The minimum Gasteiger partial charge on any atom is -0.481 e. The van der Waals surface area contributed by atoms with Gasteiger partial charge in [-0.05, 0) is 19.8 Å². The smallest absolute Gasteiger partial charge is 0.305 e. The zero-order valence-corrected chi connectivity index (χ0v) is 6.91. The molecule has 0 saturated carbocycles. The SMILES string of the molecule is C[C@@]1(C#N)CC[C@@H](CC(=O)O)O1. The second kappa shape index (κ2) is 3.11. The van der Waals surface area contributed by atoms with Crippen LogP contribution >= 0.6 is 0 Å². The van der Waals surface area contributed by atoms with Crippen LogP contribution in [0.1, 0.15) is 26.2 Å². The summed E-state index contributed by atoms with van der Waals surface area (Å²) >= 11 is 0. The molecule has 4 heteroatoms. The molecule has 0 aromatic heterocycles. The number of carboxylic acids is 1. The first kappa shape index (κ1) is 9.01. The Kier molecular flexibility index (Phi) is 2.34. The van der Waals surface area contributed by atoms with E-state index >= 15 is 0 Å². The van der Waals surface area contributed by atoms with Crippen molar-refractivity contribution in [3.63, 3.8) is 0 Å². The van der Waals surface area contributed by atoms with Crippen molar-refractivity contribution in [3.05, 3.63) is 0 Å². The maximum absolute atomic E-state index is 10.3. The van der Waals surface area contributed by atoms with Crippen molar-refractivity contribution in [2.45, 2.75) is 37.9 Å². The van der Waals surface area contributed by atoms with Gasteiger partial charge >= 0.3 is 5.97 Å². The number of nitriles is 1. The zero-order chi connectivity index (χ0) is 9.19. The quantitative estimate of drug-likeness (QED) is 0.667. The van der Waals surface area contributed by atoms with Crippen molar-refractivity contribution < 1.29 is 14.6 Å². The number of aliphatic carboxylic acids is 1. The van der Waals surface area contributed by atoms with Crippen LogP contribution in [-0.4, -0.2) is 22.8 Å². The summed E-state index contributed by atoms with van der Waals surface area (Å²) in [4.78, 5) is 10.3. The van der Waals surface area contributed by atoms with Crippen LogP contribution in [-0.2, 0) is 9.53 Å². The Morgan fingerprint density at radius 2 is 2.58 bits per heavy atom. The lowest BCUT2D eigenvalue weighted by molar-refractivity contribution is -0.140. The average Bonchev–Trinajstić information content (AvgIpc) is 2.32. The first-order valence-corrected chi connectivity index (χ1v) is 3.86. The molecule has 1 fully saturated rings. The van der Waals surface area contributed by atoms with Crippen LogP contribution in [0.4, 0.5) is 0 Å². The lowest BCUT2D eigenvalue weighted by atomic mass is 10.0. The second-order valence-corrected chi connectivity index (χ2v) is 3.22. The molecule has 1 aliphatic rings. The Labute approximate surface area is 70.7 Å². The lowest BCUT2D eigenvalue weighted by Crippen LogP contribution is -2.23. The fourth-order valence-corrected chi connectivity index (χ4v) is 1.34. The molecule has 66 valence electrons. The zero-order valence-electron chi connectivity index (χ0n) is 6.91. The largest absolute Gasteiger partial charge is 0.481 e. The normalized spacial score (nSPS) is 34.5. The first-order valence-electron chi connectivity index (χ1n) is 3.86. The molecule has 1 heterocycles. The highest BCUT2D eigenvalue weighted by Gasteiger charge is 2.36. The van der Waals surface area contributed by atoms with Gasteiger partial charge in [0.05, 0.1) is 18.6 Å². The Morgan fingerprint density at radius 1 is 1.92 bits per heavy atom. The first-order chi connectivity index (χ1) is 5.56. The van der Waals surface area contributed by atoms with Crippen molar-refractivity contribution in [2.75, 3.05) is 0 Å². The summed E-state index contributed by atoms with van der Waals surface area (Å²) in [5.74, 6) is -0.873. The molecule has 0 spiro atoms. The van der Waals surface area contributed by atoms with Crippen LogP contribution in [0, 0.1) is 11.3 Å². The highest BCUT2D eigenvalue weighted by Crippen LogP contribution is 2.30. The molecule has 4 nitrogen and oxygen atoms in total. The summed E-state index contributed by atoms with van der Waals surface area (Å²) in [6.07, 6.45) is 1.00. The number of nitrogens with zero attached hydrogens (tertiary/aromatic N) is 1. The number of ether oxygens (including phenoxy) is 1. The van der Waals surface area contributed by atoms with Crippen LogP contribution < -0.4 is 0 Å². The average molecular weight is 169 g/mol. The molecule has 1 aliphatic heterocycles. The minimum atomic E-state index is -0.873. The van der Waals surface area contributed by atoms with Crippen molar-refractivity contribution in [3.8, 4) is 6.07 Å². The molecule has 0 radical (unpaired) electrons. The summed E-state index contributed by atoms with van der Waals surface area (Å²) < 4.78 is 5.27. The summed E-state index contributed by atoms with van der Waals surface area (Å²) in [5, 5.41) is 17.1. The van der Waals surface area contributed by atoms with E-state index in [2.05, 4.69) is 0 Å². The summed E-state index contributed by atoms with van der Waals surface area (Å²) in [6.45, 7) is 1.69. The Morgan fingerprint density at radius 3 is 3.00 bits per heavy atom. The van der Waals surface area contributed by atoms with Crippen molar-refractivity contribution in [1.29, 1.82) is 5.26 Å². The highest BCUT2D eigenvalue weighted by molar-refractivity contribution is 5.67. The van der Waals surface area contributed by atoms with Gasteiger partial charge < -0.3 is 9.84 Å². The van der Waals surface area contributed by atoms with Crippen LogP contribution in [0.25, 0.3) is 0 Å². The summed E-state index contributed by atoms with van der Waals surface area (Å²) in [5.41, 5.74) is -0.764. The minimum absolute atomic E-state index is 0.00271. The van der Waals surface area contributed by atoms with Gasteiger partial charge in [-0.3, -0.25) is 4.79 Å². The van der Waals surface area contributed by atoms with Gasteiger partial charge in [0, 0.05) is 0 Å². The van der Waals surface area contributed by atoms with Crippen molar-refractivity contribution in [2.24, 2.45) is 0 Å². The topological polar surface area (TPSA) is 70.3 Å². The molecule has 0 unspecified atom stereocenters. The Balaban J connectivity index is 2.47. The summed E-state index contributed by atoms with van der Waals surface area (Å²) in [7, 11) is 0. The number of carbonyl (C=O) groups is 1. The highest BCUT2D eigenvalue weighted by atomic mass is 16.5. The van der Waals surface area contributed by atoms with E-state index in [0.717, 1.165) is 0 Å². The van der Waals surface area contributed by atoms with Crippen LogP contribution in [0.15, 0.2) is 0 Å². The third kappa shape index (κ3) is 1.95. The van der Waals surface area contributed by atoms with Gasteiger partial charge in [0.15, 0.2) is 5.60 Å². The van der Waals surface area contributed by atoms with Crippen molar-refractivity contribution >= 4 is 5.97 Å². The fourth-order valence-electron chi connectivity index (χ4n) is 1.34. The Bertz CT molecular complexity index is 233. The third-order valence-corrected chi connectivity index (χ3v) is 2.01. The second-order valence-electron chi connectivity index (χ2n) is 3.22. The van der Waals surface area contributed by atoms with Crippen LogP contribution in [0.3, 0.4) is 0 Å². The number of hydrogen-bond donors (Lipinski definition) is 1. The molecule has 2 atom stereocenters. The maximum atomic E-state index is 10.3. The van der Waals surface area contributed by atoms with E-state index in [9.17, 15) is 4.79 Å². The molecule has 0 aromatic carbocycles. The predicted molar refractivity (Wildman–Crippen MR) is 40.4 cm³/mol. The monoisotopic (exact) mass is 169 g/mol. The van der Waals surface area contributed by atoms with E-state index in [4.69, 9.17) is 15.1 Å². The lowest BCUT2D eigenvalue weighted by Gasteiger charge is -2.14. The third-order valence-electron chi connectivity index (χ3n) is 2.01. The van der Waals surface area contributed by atoms with Gasteiger partial charge in [0.25, 0.3) is 0 Å². The van der Waals surface area contributed by atoms with E-state index in [0.29, 0.717) is 12.8 Å². The predicted octanol–water partition coefficient (Wildman–Crippen LogP) is 0.922. The molecular weight excluding hydrogens is 158 g/mol. The Hall–Kier alpha value is -1.08. The molecule has 1 saturated heterocycles. The molecule has 0 aromatic rings. The molecule has 0 bridgehead atoms. The van der Waals surface area contributed by atoms with Gasteiger partial charge in [0.2, 0.25) is 0 Å². The van der Waals surface area contributed by atoms with Crippen LogP contribution in [0.2, 0.25) is 0 Å². The van der Waals surface area contributed by atoms with E-state index < -0.39 is 11.6 Å². The van der Waals surface area contributed by atoms with Gasteiger partial charge in [-0.15, -0.1) is 0 Å². The van der Waals surface area contributed by atoms with Gasteiger partial charge in [-0.25, -0.2) is 0 Å². The van der Waals surface area contributed by atoms with E-state index in [-0.39, 0.29) is 12.5 Å². The number of carboxylic acid groups (broad SMARTS) is 1. The van der Waals surface area contributed by atoms with E-state index in [1.807, 2.05) is 6.07 Å². The van der Waals surface area contributed by atoms with E-state index in [1.54, 1.807) is 6.92 Å². The van der Waals surface area contributed by atoms with Crippen molar-refractivity contribution in [1.82, 2.24) is 0 Å². The standard InChI is InChI=1S/C8H11NO3/c1-8(5-9)3-2-6(12-8)4-7(10)11/h6H,2-4H2,1H3,(H,10,11)/t6-,8-/m0/s1. The van der Waals surface area contributed by atoms with Gasteiger partial charge in [-0.1, -0.05) is 0 Å². The molecular formula is C8H11NO3. The maximum Gasteiger partial charge on any atom is 0.305 e. The van der Waals surface area contributed by atoms with Crippen LogP contribution in [0.5, 0.6) is 0 Å². The van der Waals surface area contributed by atoms with Gasteiger partial charge in [0.1, 0.15) is 0 Å². The molecule has 0 aliphatic carbocycles.